The van der Waals surface area contributed by atoms with Crippen molar-refractivity contribution in [3.05, 3.63) is 0 Å². The quantitative estimate of drug-likeness (QED) is 0.434. The topological polar surface area (TPSA) is 49.7 Å². The Labute approximate surface area is 47.9 Å². The molecule has 0 bridgehead atoms. The molecule has 3 nitrogen and oxygen atoms in total. The van der Waals surface area contributed by atoms with Crippen LogP contribution < -0.4 is 0 Å². The fraction of sp³-hybridized carbons (Fsp3) is 1.00. The molecule has 2 N–H and O–H groups in total. The van der Waals surface area contributed by atoms with Crippen LogP contribution in [0.1, 0.15) is 6.42 Å². The smallest absolute Gasteiger partial charge is 0.103 e. The van der Waals surface area contributed by atoms with Gasteiger partial charge in [-0.1, -0.05) is 0 Å². The summed E-state index contributed by atoms with van der Waals surface area (Å²) in [6.07, 6.45) is -0.672. The zero-order valence-electron chi connectivity index (χ0n) is 4.58. The van der Waals surface area contributed by atoms with Gasteiger partial charge in [0.05, 0.1) is 12.7 Å². The van der Waals surface area contributed by atoms with Crippen LogP contribution in [0.4, 0.5) is 0 Å². The summed E-state index contributed by atoms with van der Waals surface area (Å²) in [5.74, 6) is 0. The van der Waals surface area contributed by atoms with Crippen LogP contribution in [0.25, 0.3) is 0 Å². The summed E-state index contributed by atoms with van der Waals surface area (Å²) in [5, 5.41) is 17.7. The summed E-state index contributed by atoms with van der Waals surface area (Å²) in [5.41, 5.74) is 0. The standard InChI is InChI=1S/C5H10O3/c6-4-1-2-8-3-5(4)7/h4-7H,1-3H2/t4-,5+/m1/s1. The fourth-order valence-electron chi connectivity index (χ4n) is 0.712. The highest BCUT2D eigenvalue weighted by Gasteiger charge is 2.20. The summed E-state index contributed by atoms with van der Waals surface area (Å²) >= 11 is 0. The number of aliphatic hydroxyl groups excluding tert-OH is 2. The molecule has 8 heavy (non-hydrogen) atoms. The Bertz CT molecular complexity index is 64.1. The second-order valence-electron chi connectivity index (χ2n) is 2.00. The van der Waals surface area contributed by atoms with Gasteiger partial charge in [0.2, 0.25) is 0 Å². The lowest BCUT2D eigenvalue weighted by molar-refractivity contribution is -0.0852. The molecule has 0 saturated carbocycles. The molecule has 0 aromatic carbocycles. The molecule has 0 spiro atoms. The molecule has 1 rings (SSSR count). The minimum Gasteiger partial charge on any atom is -0.390 e. The van der Waals surface area contributed by atoms with Crippen LogP contribution in [-0.4, -0.2) is 35.6 Å². The Kier molecular flexibility index (Phi) is 1.83. The summed E-state index contributed by atoms with van der Waals surface area (Å²) in [7, 11) is 0. The molecule has 1 fully saturated rings. The highest BCUT2D eigenvalue weighted by molar-refractivity contribution is 4.69. The molecular weight excluding hydrogens is 108 g/mol. The van der Waals surface area contributed by atoms with Gasteiger partial charge in [-0.3, -0.25) is 0 Å². The highest BCUT2D eigenvalue weighted by Crippen LogP contribution is 2.05. The minimum absolute atomic E-state index is 0.279. The molecule has 0 amide bonds. The third-order valence-corrected chi connectivity index (χ3v) is 1.29. The van der Waals surface area contributed by atoms with Crippen molar-refractivity contribution in [3.8, 4) is 0 Å². The molecule has 2 atom stereocenters. The molecule has 0 unspecified atom stereocenters. The normalized spacial score (nSPS) is 39.8. The van der Waals surface area contributed by atoms with Gasteiger partial charge in [-0.2, -0.15) is 0 Å². The molecule has 1 saturated heterocycles. The van der Waals surface area contributed by atoms with Gasteiger partial charge in [0.25, 0.3) is 0 Å². The van der Waals surface area contributed by atoms with E-state index in [0.29, 0.717) is 13.0 Å². The first kappa shape index (κ1) is 6.01. The van der Waals surface area contributed by atoms with Crippen molar-refractivity contribution in [2.24, 2.45) is 0 Å². The van der Waals surface area contributed by atoms with Crippen molar-refractivity contribution in [2.45, 2.75) is 18.6 Å². The van der Waals surface area contributed by atoms with E-state index in [0.717, 1.165) is 0 Å². The monoisotopic (exact) mass is 118 g/mol. The van der Waals surface area contributed by atoms with Crippen molar-refractivity contribution < 1.29 is 14.9 Å². The van der Waals surface area contributed by atoms with Crippen molar-refractivity contribution >= 4 is 0 Å². The number of hydrogen-bond acceptors (Lipinski definition) is 3. The van der Waals surface area contributed by atoms with Crippen LogP contribution in [0.15, 0.2) is 0 Å². The second kappa shape index (κ2) is 2.44. The predicted molar refractivity (Wildman–Crippen MR) is 27.4 cm³/mol. The average molecular weight is 118 g/mol. The Balaban J connectivity index is 2.28. The lowest BCUT2D eigenvalue weighted by Gasteiger charge is -2.22. The van der Waals surface area contributed by atoms with Crippen molar-refractivity contribution in [1.29, 1.82) is 0 Å². The van der Waals surface area contributed by atoms with Crippen molar-refractivity contribution in [2.75, 3.05) is 13.2 Å². The van der Waals surface area contributed by atoms with E-state index >= 15 is 0 Å². The zero-order chi connectivity index (χ0) is 5.98. The summed E-state index contributed by atoms with van der Waals surface area (Å²) in [6.45, 7) is 0.847. The Morgan fingerprint density at radius 2 is 2.00 bits per heavy atom. The SMILES string of the molecule is O[C@@H]1CCOC[C@@H]1O. The molecule has 0 radical (unpaired) electrons. The lowest BCUT2D eigenvalue weighted by atomic mass is 10.1. The molecule has 1 aliphatic heterocycles. The number of aliphatic hydroxyl groups is 2. The van der Waals surface area contributed by atoms with E-state index in [2.05, 4.69) is 0 Å². The molecule has 1 heterocycles. The van der Waals surface area contributed by atoms with E-state index < -0.39 is 12.2 Å². The number of ether oxygens (including phenoxy) is 1. The van der Waals surface area contributed by atoms with E-state index in [-0.39, 0.29) is 6.61 Å². The highest BCUT2D eigenvalue weighted by atomic mass is 16.5. The maximum atomic E-state index is 8.85. The molecule has 3 heteroatoms. The third-order valence-electron chi connectivity index (χ3n) is 1.29. The fourth-order valence-corrected chi connectivity index (χ4v) is 0.712. The largest absolute Gasteiger partial charge is 0.390 e. The van der Waals surface area contributed by atoms with Crippen LogP contribution in [0, 0.1) is 0 Å². The van der Waals surface area contributed by atoms with Crippen LogP contribution in [0.3, 0.4) is 0 Å². The summed E-state index contributed by atoms with van der Waals surface area (Å²) < 4.78 is 4.84. The van der Waals surface area contributed by atoms with Crippen molar-refractivity contribution in [1.82, 2.24) is 0 Å². The van der Waals surface area contributed by atoms with E-state index in [1.54, 1.807) is 0 Å². The lowest BCUT2D eigenvalue weighted by Crippen LogP contribution is -2.36. The van der Waals surface area contributed by atoms with E-state index in [1.165, 1.54) is 0 Å². The maximum Gasteiger partial charge on any atom is 0.103 e. The molecule has 0 aliphatic carbocycles. The average Bonchev–Trinajstić information content (AvgIpc) is 1.77. The van der Waals surface area contributed by atoms with E-state index in [9.17, 15) is 0 Å². The van der Waals surface area contributed by atoms with E-state index in [1.807, 2.05) is 0 Å². The van der Waals surface area contributed by atoms with Crippen LogP contribution in [-0.2, 0) is 4.74 Å². The van der Waals surface area contributed by atoms with Crippen molar-refractivity contribution in [3.63, 3.8) is 0 Å². The Morgan fingerprint density at radius 1 is 1.25 bits per heavy atom. The van der Waals surface area contributed by atoms with Gasteiger partial charge >= 0.3 is 0 Å². The molecule has 1 aliphatic rings. The first-order valence-corrected chi connectivity index (χ1v) is 2.74. The molecule has 0 aromatic heterocycles. The number of hydrogen-bond donors (Lipinski definition) is 2. The van der Waals surface area contributed by atoms with Gasteiger partial charge in [0.1, 0.15) is 6.10 Å². The van der Waals surface area contributed by atoms with Gasteiger partial charge in [0.15, 0.2) is 0 Å². The summed E-state index contributed by atoms with van der Waals surface area (Å²) in [4.78, 5) is 0. The summed E-state index contributed by atoms with van der Waals surface area (Å²) in [6, 6.07) is 0. The van der Waals surface area contributed by atoms with Gasteiger partial charge in [-0.25, -0.2) is 0 Å². The van der Waals surface area contributed by atoms with Crippen LogP contribution in [0.5, 0.6) is 0 Å². The van der Waals surface area contributed by atoms with Gasteiger partial charge in [-0.15, -0.1) is 0 Å². The third kappa shape index (κ3) is 1.18. The Morgan fingerprint density at radius 3 is 2.38 bits per heavy atom. The van der Waals surface area contributed by atoms with Gasteiger partial charge < -0.3 is 14.9 Å². The first-order valence-electron chi connectivity index (χ1n) is 2.74. The van der Waals surface area contributed by atoms with Crippen LogP contribution in [0.2, 0.25) is 0 Å². The van der Waals surface area contributed by atoms with E-state index in [4.69, 9.17) is 14.9 Å². The maximum absolute atomic E-state index is 8.85. The van der Waals surface area contributed by atoms with Gasteiger partial charge in [-0.05, 0) is 6.42 Å². The first-order chi connectivity index (χ1) is 3.80. The van der Waals surface area contributed by atoms with Gasteiger partial charge in [0, 0.05) is 6.61 Å². The molecular formula is C5H10O3. The molecule has 0 aromatic rings. The molecule has 48 valence electrons. The predicted octanol–water partition coefficient (Wildman–Crippen LogP) is -0.872. The van der Waals surface area contributed by atoms with Crippen LogP contribution >= 0.6 is 0 Å². The number of rotatable bonds is 0. The minimum atomic E-state index is -0.663. The zero-order valence-corrected chi connectivity index (χ0v) is 4.58. The Hall–Kier alpha value is -0.120. The second-order valence-corrected chi connectivity index (χ2v) is 2.00.